The van der Waals surface area contributed by atoms with Crippen LogP contribution < -0.4 is 10.9 Å². The molecule has 1 unspecified atom stereocenters. The van der Waals surface area contributed by atoms with E-state index in [1.54, 1.807) is 13.1 Å². The van der Waals surface area contributed by atoms with Crippen molar-refractivity contribution in [1.29, 1.82) is 0 Å². The van der Waals surface area contributed by atoms with Crippen LogP contribution in [0.25, 0.3) is 11.4 Å². The monoisotopic (exact) mass is 328 g/mol. The first-order valence-corrected chi connectivity index (χ1v) is 8.67. The lowest BCUT2D eigenvalue weighted by atomic mass is 10.0. The maximum atomic E-state index is 11.9. The van der Waals surface area contributed by atoms with Crippen LogP contribution in [0.2, 0.25) is 0 Å². The molecule has 0 spiro atoms. The van der Waals surface area contributed by atoms with Gasteiger partial charge in [-0.1, -0.05) is 26.7 Å². The van der Waals surface area contributed by atoms with Gasteiger partial charge in [0.05, 0.1) is 0 Å². The van der Waals surface area contributed by atoms with Crippen molar-refractivity contribution in [3.8, 4) is 11.4 Å². The van der Waals surface area contributed by atoms with Gasteiger partial charge < -0.3 is 10.3 Å². The first-order valence-electron chi connectivity index (χ1n) is 8.67. The molecule has 0 radical (unpaired) electrons. The number of nitrogens with zero attached hydrogens (tertiary/aromatic N) is 2. The van der Waals surface area contributed by atoms with Gasteiger partial charge in [0.2, 0.25) is 0 Å². The van der Waals surface area contributed by atoms with E-state index >= 15 is 0 Å². The first kappa shape index (κ1) is 18.2. The molecular formula is C19H28N4O. The van der Waals surface area contributed by atoms with Gasteiger partial charge in [0, 0.05) is 29.1 Å². The van der Waals surface area contributed by atoms with Crippen LogP contribution in [0.15, 0.2) is 23.1 Å². The molecule has 0 aliphatic heterocycles. The van der Waals surface area contributed by atoms with Crippen LogP contribution in [0.1, 0.15) is 51.3 Å². The number of H-pyrrole nitrogens is 1. The van der Waals surface area contributed by atoms with E-state index in [2.05, 4.69) is 41.0 Å². The van der Waals surface area contributed by atoms with E-state index in [4.69, 9.17) is 0 Å². The minimum Gasteiger partial charge on any atom is -0.368 e. The second-order valence-electron chi connectivity index (χ2n) is 6.93. The molecule has 2 aromatic rings. The van der Waals surface area contributed by atoms with Gasteiger partial charge in [-0.2, -0.15) is 0 Å². The Hall–Kier alpha value is -2.17. The summed E-state index contributed by atoms with van der Waals surface area (Å²) in [6.45, 7) is 10.3. The molecule has 0 amide bonds. The maximum absolute atomic E-state index is 11.9. The van der Waals surface area contributed by atoms with E-state index < -0.39 is 0 Å². The van der Waals surface area contributed by atoms with Crippen molar-refractivity contribution in [2.45, 2.75) is 59.9 Å². The summed E-state index contributed by atoms with van der Waals surface area (Å²) < 4.78 is 0. The van der Waals surface area contributed by atoms with Crippen molar-refractivity contribution < 1.29 is 0 Å². The van der Waals surface area contributed by atoms with Crippen molar-refractivity contribution in [2.24, 2.45) is 5.92 Å². The highest BCUT2D eigenvalue weighted by Gasteiger charge is 2.08. The Kier molecular flexibility index (Phi) is 6.12. The Labute approximate surface area is 144 Å². The summed E-state index contributed by atoms with van der Waals surface area (Å²) in [7, 11) is 0. The van der Waals surface area contributed by atoms with Crippen molar-refractivity contribution in [3.05, 3.63) is 39.9 Å². The number of aromatic nitrogens is 3. The van der Waals surface area contributed by atoms with E-state index in [1.807, 2.05) is 19.1 Å². The lowest BCUT2D eigenvalue weighted by Gasteiger charge is -2.15. The Morgan fingerprint density at radius 1 is 1.17 bits per heavy atom. The average Bonchev–Trinajstić information content (AvgIpc) is 2.52. The third-order valence-corrected chi connectivity index (χ3v) is 4.24. The number of aromatic amines is 1. The molecule has 2 aromatic heterocycles. The van der Waals surface area contributed by atoms with Crippen LogP contribution in [0, 0.1) is 19.8 Å². The van der Waals surface area contributed by atoms with E-state index in [-0.39, 0.29) is 5.56 Å². The van der Waals surface area contributed by atoms with Crippen molar-refractivity contribution in [1.82, 2.24) is 15.0 Å². The van der Waals surface area contributed by atoms with Crippen LogP contribution in [-0.4, -0.2) is 21.0 Å². The molecule has 0 saturated carbocycles. The van der Waals surface area contributed by atoms with Gasteiger partial charge in [-0.3, -0.25) is 4.79 Å². The number of pyridine rings is 1. The second kappa shape index (κ2) is 8.08. The van der Waals surface area contributed by atoms with Gasteiger partial charge in [-0.25, -0.2) is 9.97 Å². The number of nitrogens with one attached hydrogen (secondary N) is 2. The molecule has 2 N–H and O–H groups in total. The topological polar surface area (TPSA) is 70.7 Å². The Bertz CT molecular complexity index is 719. The SMILES string of the molecule is Cc1nc(-c2ccc(NC(C)CCCC(C)C)nc2)[nH]c(=O)c1C. The molecule has 0 fully saturated rings. The summed E-state index contributed by atoms with van der Waals surface area (Å²) in [6, 6.07) is 4.26. The van der Waals surface area contributed by atoms with Crippen LogP contribution in [-0.2, 0) is 0 Å². The zero-order valence-corrected chi connectivity index (χ0v) is 15.3. The molecule has 0 bridgehead atoms. The van der Waals surface area contributed by atoms with Crippen molar-refractivity contribution >= 4 is 5.82 Å². The summed E-state index contributed by atoms with van der Waals surface area (Å²) in [5.41, 5.74) is 2.11. The molecule has 5 heteroatoms. The Morgan fingerprint density at radius 2 is 1.92 bits per heavy atom. The quantitative estimate of drug-likeness (QED) is 0.803. The van der Waals surface area contributed by atoms with E-state index in [0.29, 0.717) is 17.4 Å². The number of anilines is 1. The normalized spacial score (nSPS) is 12.4. The lowest BCUT2D eigenvalue weighted by Crippen LogP contribution is -2.16. The molecule has 0 aliphatic rings. The molecule has 24 heavy (non-hydrogen) atoms. The maximum Gasteiger partial charge on any atom is 0.254 e. The minimum atomic E-state index is -0.0986. The largest absolute Gasteiger partial charge is 0.368 e. The summed E-state index contributed by atoms with van der Waals surface area (Å²) in [5.74, 6) is 2.16. The van der Waals surface area contributed by atoms with Gasteiger partial charge in [0.25, 0.3) is 5.56 Å². The van der Waals surface area contributed by atoms with Crippen LogP contribution >= 0.6 is 0 Å². The Morgan fingerprint density at radius 3 is 2.50 bits per heavy atom. The summed E-state index contributed by atoms with van der Waals surface area (Å²) >= 11 is 0. The number of rotatable bonds is 7. The van der Waals surface area contributed by atoms with Gasteiger partial charge in [-0.05, 0) is 45.2 Å². The highest BCUT2D eigenvalue weighted by molar-refractivity contribution is 5.56. The zero-order chi connectivity index (χ0) is 17.7. The predicted molar refractivity (Wildman–Crippen MR) is 99.3 cm³/mol. The molecule has 130 valence electrons. The fourth-order valence-corrected chi connectivity index (χ4v) is 2.56. The average molecular weight is 328 g/mol. The molecule has 0 aliphatic carbocycles. The first-order chi connectivity index (χ1) is 11.4. The predicted octanol–water partition coefficient (Wildman–Crippen LogP) is 4.08. The summed E-state index contributed by atoms with van der Waals surface area (Å²) in [6.07, 6.45) is 5.35. The van der Waals surface area contributed by atoms with Crippen LogP contribution in [0.4, 0.5) is 5.82 Å². The number of aryl methyl sites for hydroxylation is 1. The number of hydrogen-bond donors (Lipinski definition) is 2. The van der Waals surface area contributed by atoms with Crippen molar-refractivity contribution in [2.75, 3.05) is 5.32 Å². The highest BCUT2D eigenvalue weighted by Crippen LogP contribution is 2.17. The summed E-state index contributed by atoms with van der Waals surface area (Å²) in [5, 5.41) is 3.42. The second-order valence-corrected chi connectivity index (χ2v) is 6.93. The van der Waals surface area contributed by atoms with Gasteiger partial charge in [-0.15, -0.1) is 0 Å². The molecule has 2 rings (SSSR count). The molecule has 0 aromatic carbocycles. The molecule has 1 atom stereocenters. The zero-order valence-electron chi connectivity index (χ0n) is 15.3. The van der Waals surface area contributed by atoms with Crippen LogP contribution in [0.3, 0.4) is 0 Å². The molecule has 2 heterocycles. The fraction of sp³-hybridized carbons (Fsp3) is 0.526. The van der Waals surface area contributed by atoms with E-state index in [1.165, 1.54) is 12.8 Å². The van der Waals surface area contributed by atoms with Gasteiger partial charge in [0.1, 0.15) is 11.6 Å². The third kappa shape index (κ3) is 4.91. The summed E-state index contributed by atoms with van der Waals surface area (Å²) in [4.78, 5) is 23.6. The van der Waals surface area contributed by atoms with Gasteiger partial charge >= 0.3 is 0 Å². The van der Waals surface area contributed by atoms with E-state index in [0.717, 1.165) is 29.4 Å². The van der Waals surface area contributed by atoms with Crippen molar-refractivity contribution in [3.63, 3.8) is 0 Å². The lowest BCUT2D eigenvalue weighted by molar-refractivity contribution is 0.520. The smallest absolute Gasteiger partial charge is 0.254 e. The van der Waals surface area contributed by atoms with E-state index in [9.17, 15) is 4.79 Å². The van der Waals surface area contributed by atoms with Gasteiger partial charge in [0.15, 0.2) is 0 Å². The minimum absolute atomic E-state index is 0.0986. The highest BCUT2D eigenvalue weighted by atomic mass is 16.1. The molecule has 5 nitrogen and oxygen atoms in total. The molecule has 0 saturated heterocycles. The standard InChI is InChI=1S/C19H28N4O/c1-12(2)7-6-8-13(3)21-17-10-9-16(11-20-17)18-22-15(5)14(4)19(24)23-18/h9-13H,6-8H2,1-5H3,(H,20,21)(H,22,23,24). The fourth-order valence-electron chi connectivity index (χ4n) is 2.56. The Balaban J connectivity index is 2.02. The number of hydrogen-bond acceptors (Lipinski definition) is 4. The third-order valence-electron chi connectivity index (χ3n) is 4.24. The molecular weight excluding hydrogens is 300 g/mol. The van der Waals surface area contributed by atoms with Crippen LogP contribution in [0.5, 0.6) is 0 Å².